The zero-order valence-corrected chi connectivity index (χ0v) is 16.5. The molecule has 0 atom stereocenters. The lowest BCUT2D eigenvalue weighted by molar-refractivity contribution is 0.0734. The van der Waals surface area contributed by atoms with E-state index in [1.807, 2.05) is 0 Å². The van der Waals surface area contributed by atoms with E-state index in [-0.39, 0.29) is 30.9 Å². The van der Waals surface area contributed by atoms with E-state index < -0.39 is 5.97 Å². The molecule has 3 aromatic rings. The van der Waals surface area contributed by atoms with E-state index in [9.17, 15) is 9.59 Å². The Morgan fingerprint density at radius 3 is 2.31 bits per heavy atom. The molecule has 3 aromatic carbocycles. The SMILES string of the molecule is O=C(Oc1ccc2c(c1)O/C(=C\c1ccc3c(c1)OCO3)C2=O)c1ccc2c(c1)OCO2. The summed E-state index contributed by atoms with van der Waals surface area (Å²) in [4.78, 5) is 25.2. The molecule has 3 heterocycles. The molecule has 6 rings (SSSR count). The van der Waals surface area contributed by atoms with Gasteiger partial charge < -0.3 is 28.4 Å². The number of ketones is 1. The first kappa shape index (κ1) is 18.3. The number of hydrogen-bond acceptors (Lipinski definition) is 8. The van der Waals surface area contributed by atoms with Gasteiger partial charge in [0.25, 0.3) is 0 Å². The van der Waals surface area contributed by atoms with Crippen LogP contribution in [0.4, 0.5) is 0 Å². The van der Waals surface area contributed by atoms with Crippen LogP contribution in [-0.4, -0.2) is 25.3 Å². The molecule has 0 aromatic heterocycles. The van der Waals surface area contributed by atoms with Crippen molar-refractivity contribution in [3.05, 3.63) is 77.0 Å². The first-order chi connectivity index (χ1) is 15.6. The highest BCUT2D eigenvalue weighted by Crippen LogP contribution is 2.37. The molecule has 0 spiro atoms. The standard InChI is InChI=1S/C24H14O8/c25-23-16-4-3-15(31-24(26)14-2-6-18-21(9-14)30-12-28-18)10-19(16)32-22(23)8-13-1-5-17-20(7-13)29-11-27-17/h1-10H,11-12H2/b22-8-. The normalized spacial score (nSPS) is 16.1. The zero-order chi connectivity index (χ0) is 21.7. The van der Waals surface area contributed by atoms with Crippen molar-refractivity contribution in [1.29, 1.82) is 0 Å². The number of Topliss-reactive ketones (excluding diaryl/α,β-unsaturated/α-hetero) is 1. The third-order valence-corrected chi connectivity index (χ3v) is 5.15. The van der Waals surface area contributed by atoms with Gasteiger partial charge in [-0.1, -0.05) is 6.07 Å². The molecule has 0 saturated carbocycles. The van der Waals surface area contributed by atoms with Crippen molar-refractivity contribution >= 4 is 17.8 Å². The molecular weight excluding hydrogens is 416 g/mol. The largest absolute Gasteiger partial charge is 0.454 e. The molecule has 8 nitrogen and oxygen atoms in total. The van der Waals surface area contributed by atoms with E-state index in [4.69, 9.17) is 28.4 Å². The minimum atomic E-state index is -0.566. The van der Waals surface area contributed by atoms with Crippen molar-refractivity contribution in [3.8, 4) is 34.5 Å². The number of allylic oxidation sites excluding steroid dienone is 1. The van der Waals surface area contributed by atoms with Crippen LogP contribution in [-0.2, 0) is 0 Å². The number of carbonyl (C=O) groups excluding carboxylic acids is 2. The summed E-state index contributed by atoms with van der Waals surface area (Å²) in [7, 11) is 0. The Bertz CT molecular complexity index is 1320. The topological polar surface area (TPSA) is 89.5 Å². The second kappa shape index (κ2) is 7.05. The average molecular weight is 430 g/mol. The fourth-order valence-electron chi connectivity index (χ4n) is 3.57. The molecular formula is C24H14O8. The number of carbonyl (C=O) groups is 2. The van der Waals surface area contributed by atoms with E-state index in [1.54, 1.807) is 54.6 Å². The van der Waals surface area contributed by atoms with Crippen LogP contribution in [0.15, 0.2) is 60.4 Å². The van der Waals surface area contributed by atoms with Gasteiger partial charge in [0.05, 0.1) is 11.1 Å². The Hall–Kier alpha value is -4.46. The second-order valence-corrected chi connectivity index (χ2v) is 7.17. The number of benzene rings is 3. The predicted octanol–water partition coefficient (Wildman–Crippen LogP) is 3.98. The van der Waals surface area contributed by atoms with Gasteiger partial charge in [0.1, 0.15) is 11.5 Å². The van der Waals surface area contributed by atoms with Crippen molar-refractivity contribution in [2.45, 2.75) is 0 Å². The lowest BCUT2D eigenvalue weighted by atomic mass is 10.1. The number of esters is 1. The Balaban J connectivity index is 1.22. The monoisotopic (exact) mass is 430 g/mol. The molecule has 0 radical (unpaired) electrons. The van der Waals surface area contributed by atoms with Gasteiger partial charge in [-0.05, 0) is 54.1 Å². The summed E-state index contributed by atoms with van der Waals surface area (Å²) in [6.45, 7) is 0.288. The van der Waals surface area contributed by atoms with Gasteiger partial charge in [-0.25, -0.2) is 4.79 Å². The number of fused-ring (bicyclic) bond motifs is 3. The van der Waals surface area contributed by atoms with Crippen molar-refractivity contribution in [3.63, 3.8) is 0 Å². The van der Waals surface area contributed by atoms with E-state index in [0.717, 1.165) is 5.56 Å². The first-order valence-electron chi connectivity index (χ1n) is 9.74. The van der Waals surface area contributed by atoms with Crippen LogP contribution < -0.4 is 28.4 Å². The van der Waals surface area contributed by atoms with Gasteiger partial charge in [0.15, 0.2) is 28.8 Å². The quantitative estimate of drug-likeness (QED) is 0.350. The smallest absolute Gasteiger partial charge is 0.343 e. The van der Waals surface area contributed by atoms with Crippen LogP contribution in [0, 0.1) is 0 Å². The van der Waals surface area contributed by atoms with Crippen molar-refractivity contribution in [2.24, 2.45) is 0 Å². The third-order valence-electron chi connectivity index (χ3n) is 5.15. The highest BCUT2D eigenvalue weighted by atomic mass is 16.7. The van der Waals surface area contributed by atoms with Gasteiger partial charge in [0.2, 0.25) is 19.4 Å². The summed E-state index contributed by atoms with van der Waals surface area (Å²) >= 11 is 0. The Labute approximate surface area is 181 Å². The zero-order valence-electron chi connectivity index (χ0n) is 16.5. The van der Waals surface area contributed by atoms with Crippen LogP contribution in [0.5, 0.6) is 34.5 Å². The summed E-state index contributed by atoms with van der Waals surface area (Å²) in [5.74, 6) is 2.24. The average Bonchev–Trinajstić information content (AvgIpc) is 3.52. The van der Waals surface area contributed by atoms with Crippen LogP contribution >= 0.6 is 0 Å². The molecule has 158 valence electrons. The number of ether oxygens (including phenoxy) is 6. The molecule has 3 aliphatic rings. The first-order valence-corrected chi connectivity index (χ1v) is 9.74. The van der Waals surface area contributed by atoms with Crippen LogP contribution in [0.2, 0.25) is 0 Å². The lowest BCUT2D eigenvalue weighted by Crippen LogP contribution is -2.08. The molecule has 3 aliphatic heterocycles. The maximum atomic E-state index is 12.7. The molecule has 8 heteroatoms. The Morgan fingerprint density at radius 2 is 1.50 bits per heavy atom. The fraction of sp³-hybridized carbons (Fsp3) is 0.0833. The van der Waals surface area contributed by atoms with Gasteiger partial charge in [-0.15, -0.1) is 0 Å². The van der Waals surface area contributed by atoms with Crippen molar-refractivity contribution in [2.75, 3.05) is 13.6 Å². The Morgan fingerprint density at radius 1 is 0.781 bits per heavy atom. The minimum Gasteiger partial charge on any atom is -0.454 e. The summed E-state index contributed by atoms with van der Waals surface area (Å²) in [6, 6.07) is 14.8. The lowest BCUT2D eigenvalue weighted by Gasteiger charge is -2.06. The van der Waals surface area contributed by atoms with Gasteiger partial charge in [-0.3, -0.25) is 4.79 Å². The van der Waals surface area contributed by atoms with Crippen molar-refractivity contribution < 1.29 is 38.0 Å². The number of rotatable bonds is 3. The maximum Gasteiger partial charge on any atom is 0.343 e. The third kappa shape index (κ3) is 3.09. The summed E-state index contributed by atoms with van der Waals surface area (Å²) in [6.07, 6.45) is 1.63. The molecule has 0 amide bonds. The molecule has 0 unspecified atom stereocenters. The molecule has 0 bridgehead atoms. The minimum absolute atomic E-state index is 0.117. The summed E-state index contributed by atoms with van der Waals surface area (Å²) in [5, 5.41) is 0. The van der Waals surface area contributed by atoms with E-state index in [1.165, 1.54) is 6.07 Å². The molecule has 0 N–H and O–H groups in total. The van der Waals surface area contributed by atoms with Gasteiger partial charge in [0, 0.05) is 6.07 Å². The molecule has 0 saturated heterocycles. The Kier molecular flexibility index (Phi) is 4.04. The van der Waals surface area contributed by atoms with E-state index >= 15 is 0 Å². The summed E-state index contributed by atoms with van der Waals surface area (Å²) in [5.41, 5.74) is 1.44. The number of hydrogen-bond donors (Lipinski definition) is 0. The molecule has 32 heavy (non-hydrogen) atoms. The summed E-state index contributed by atoms with van der Waals surface area (Å²) < 4.78 is 32.4. The van der Waals surface area contributed by atoms with Crippen LogP contribution in [0.25, 0.3) is 6.08 Å². The molecule has 0 aliphatic carbocycles. The van der Waals surface area contributed by atoms with Crippen molar-refractivity contribution in [1.82, 2.24) is 0 Å². The highest BCUT2D eigenvalue weighted by molar-refractivity contribution is 6.14. The second-order valence-electron chi connectivity index (χ2n) is 7.17. The molecule has 0 fully saturated rings. The van der Waals surface area contributed by atoms with Crippen LogP contribution in [0.1, 0.15) is 26.3 Å². The van der Waals surface area contributed by atoms with Gasteiger partial charge >= 0.3 is 5.97 Å². The van der Waals surface area contributed by atoms with Gasteiger partial charge in [-0.2, -0.15) is 0 Å². The predicted molar refractivity (Wildman–Crippen MR) is 109 cm³/mol. The highest BCUT2D eigenvalue weighted by Gasteiger charge is 2.28. The maximum absolute atomic E-state index is 12.7. The van der Waals surface area contributed by atoms with E-state index in [0.29, 0.717) is 39.9 Å². The van der Waals surface area contributed by atoms with Crippen LogP contribution in [0.3, 0.4) is 0 Å². The fourth-order valence-corrected chi connectivity index (χ4v) is 3.57. The van der Waals surface area contributed by atoms with E-state index in [2.05, 4.69) is 0 Å².